The summed E-state index contributed by atoms with van der Waals surface area (Å²) in [6.07, 6.45) is 0. The summed E-state index contributed by atoms with van der Waals surface area (Å²) < 4.78 is 0. The molecule has 0 unspecified atom stereocenters. The SMILES string of the molecule is Cc1cc(NC(=O)Nc2ccc(C(=O)N3CCN(C)CC3)cc2)ccc1Cl. The number of halogens is 1. The van der Waals surface area contributed by atoms with E-state index < -0.39 is 0 Å². The van der Waals surface area contributed by atoms with Gasteiger partial charge in [-0.15, -0.1) is 0 Å². The van der Waals surface area contributed by atoms with Gasteiger partial charge in [-0.05, 0) is 62.0 Å². The molecule has 1 saturated heterocycles. The van der Waals surface area contributed by atoms with Crippen LogP contribution in [0.4, 0.5) is 16.2 Å². The molecule has 142 valence electrons. The summed E-state index contributed by atoms with van der Waals surface area (Å²) in [5.41, 5.74) is 2.80. The van der Waals surface area contributed by atoms with E-state index in [9.17, 15) is 9.59 Å². The van der Waals surface area contributed by atoms with E-state index in [1.165, 1.54) is 0 Å². The maximum Gasteiger partial charge on any atom is 0.323 e. The highest BCUT2D eigenvalue weighted by atomic mass is 35.5. The number of anilines is 2. The standard InChI is InChI=1S/C20H23ClN4O2/c1-14-13-17(7-8-18(14)21)23-20(27)22-16-5-3-15(4-6-16)19(26)25-11-9-24(2)10-12-25/h3-8,13H,9-12H2,1-2H3,(H2,22,23,27). The fraction of sp³-hybridized carbons (Fsp3) is 0.300. The minimum absolute atomic E-state index is 0.0238. The Morgan fingerprint density at radius 2 is 1.52 bits per heavy atom. The highest BCUT2D eigenvalue weighted by Gasteiger charge is 2.20. The molecule has 0 aromatic heterocycles. The van der Waals surface area contributed by atoms with Gasteiger partial charge in [0.2, 0.25) is 0 Å². The molecule has 2 N–H and O–H groups in total. The van der Waals surface area contributed by atoms with Crippen molar-refractivity contribution < 1.29 is 9.59 Å². The zero-order chi connectivity index (χ0) is 19.4. The first-order chi connectivity index (χ1) is 12.9. The van der Waals surface area contributed by atoms with Gasteiger partial charge in [-0.3, -0.25) is 4.79 Å². The number of nitrogens with zero attached hydrogens (tertiary/aromatic N) is 2. The van der Waals surface area contributed by atoms with E-state index in [1.54, 1.807) is 42.5 Å². The summed E-state index contributed by atoms with van der Waals surface area (Å²) >= 11 is 5.99. The van der Waals surface area contributed by atoms with Crippen LogP contribution in [0.25, 0.3) is 0 Å². The lowest BCUT2D eigenvalue weighted by atomic mass is 10.1. The smallest absolute Gasteiger partial charge is 0.323 e. The fourth-order valence-corrected chi connectivity index (χ4v) is 3.02. The first-order valence-corrected chi connectivity index (χ1v) is 9.22. The zero-order valence-corrected chi connectivity index (χ0v) is 16.2. The first kappa shape index (κ1) is 19.2. The quantitative estimate of drug-likeness (QED) is 0.845. The fourth-order valence-electron chi connectivity index (χ4n) is 2.90. The number of aryl methyl sites for hydroxylation is 1. The number of urea groups is 1. The van der Waals surface area contributed by atoms with Crippen molar-refractivity contribution in [3.8, 4) is 0 Å². The number of carbonyl (C=O) groups excluding carboxylic acids is 2. The molecular weight excluding hydrogens is 364 g/mol. The van der Waals surface area contributed by atoms with Gasteiger partial charge in [-0.1, -0.05) is 11.6 Å². The average molecular weight is 387 g/mol. The van der Waals surface area contributed by atoms with Crippen LogP contribution >= 0.6 is 11.6 Å². The molecule has 0 spiro atoms. The molecule has 1 aliphatic rings. The third-order valence-electron chi connectivity index (χ3n) is 4.60. The van der Waals surface area contributed by atoms with Crippen molar-refractivity contribution in [1.29, 1.82) is 0 Å². The van der Waals surface area contributed by atoms with Crippen LogP contribution < -0.4 is 10.6 Å². The molecule has 1 fully saturated rings. The Labute approximate surface area is 164 Å². The minimum atomic E-state index is -0.352. The molecule has 27 heavy (non-hydrogen) atoms. The highest BCUT2D eigenvalue weighted by Crippen LogP contribution is 2.20. The predicted molar refractivity (Wildman–Crippen MR) is 109 cm³/mol. The molecule has 0 atom stereocenters. The largest absolute Gasteiger partial charge is 0.336 e. The molecule has 0 radical (unpaired) electrons. The molecule has 3 rings (SSSR count). The molecule has 0 saturated carbocycles. The first-order valence-electron chi connectivity index (χ1n) is 8.84. The van der Waals surface area contributed by atoms with Crippen LogP contribution in [0.1, 0.15) is 15.9 Å². The molecule has 7 heteroatoms. The second-order valence-electron chi connectivity index (χ2n) is 6.72. The number of benzene rings is 2. The van der Waals surface area contributed by atoms with Gasteiger partial charge in [-0.25, -0.2) is 4.79 Å². The van der Waals surface area contributed by atoms with Gasteiger partial charge in [0, 0.05) is 48.1 Å². The van der Waals surface area contributed by atoms with Crippen LogP contribution in [0.2, 0.25) is 5.02 Å². The lowest BCUT2D eigenvalue weighted by molar-refractivity contribution is 0.0664. The number of hydrogen-bond donors (Lipinski definition) is 2. The lowest BCUT2D eigenvalue weighted by Crippen LogP contribution is -2.47. The number of carbonyl (C=O) groups is 2. The molecule has 3 amide bonds. The Hall–Kier alpha value is -2.57. The van der Waals surface area contributed by atoms with Crippen molar-refractivity contribution >= 4 is 34.9 Å². The maximum atomic E-state index is 12.5. The van der Waals surface area contributed by atoms with Crippen LogP contribution in [-0.2, 0) is 0 Å². The van der Waals surface area contributed by atoms with E-state index in [0.29, 0.717) is 22.0 Å². The normalized spacial score (nSPS) is 14.7. The summed E-state index contributed by atoms with van der Waals surface area (Å²) in [6.45, 7) is 5.11. The number of rotatable bonds is 3. The van der Waals surface area contributed by atoms with Crippen LogP contribution in [0.3, 0.4) is 0 Å². The van der Waals surface area contributed by atoms with Crippen molar-refractivity contribution in [2.75, 3.05) is 43.9 Å². The highest BCUT2D eigenvalue weighted by molar-refractivity contribution is 6.31. The summed E-state index contributed by atoms with van der Waals surface area (Å²) in [5, 5.41) is 6.18. The van der Waals surface area contributed by atoms with Crippen LogP contribution in [-0.4, -0.2) is 55.0 Å². The van der Waals surface area contributed by atoms with Crippen molar-refractivity contribution in [2.45, 2.75) is 6.92 Å². The molecule has 0 bridgehead atoms. The predicted octanol–water partition coefficient (Wildman–Crippen LogP) is 3.68. The van der Waals surface area contributed by atoms with E-state index in [1.807, 2.05) is 11.8 Å². The molecule has 6 nitrogen and oxygen atoms in total. The topological polar surface area (TPSA) is 64.7 Å². The van der Waals surface area contributed by atoms with Gasteiger partial charge in [-0.2, -0.15) is 0 Å². The Kier molecular flexibility index (Phi) is 5.98. The van der Waals surface area contributed by atoms with Gasteiger partial charge in [0.05, 0.1) is 0 Å². The van der Waals surface area contributed by atoms with Crippen molar-refractivity contribution in [2.24, 2.45) is 0 Å². The van der Waals surface area contributed by atoms with Crippen molar-refractivity contribution in [3.63, 3.8) is 0 Å². The third kappa shape index (κ3) is 4.99. The summed E-state index contributed by atoms with van der Waals surface area (Å²) in [5.74, 6) is 0.0238. The van der Waals surface area contributed by atoms with Crippen LogP contribution in [0.5, 0.6) is 0 Å². The number of hydrogen-bond acceptors (Lipinski definition) is 3. The van der Waals surface area contributed by atoms with Crippen molar-refractivity contribution in [1.82, 2.24) is 9.80 Å². The van der Waals surface area contributed by atoms with Crippen LogP contribution in [0, 0.1) is 6.92 Å². The molecule has 2 aromatic rings. The second-order valence-corrected chi connectivity index (χ2v) is 7.12. The number of piperazine rings is 1. The van der Waals surface area contributed by atoms with Gasteiger partial charge < -0.3 is 20.4 Å². The van der Waals surface area contributed by atoms with E-state index in [2.05, 4.69) is 22.6 Å². The van der Waals surface area contributed by atoms with E-state index in [-0.39, 0.29) is 11.9 Å². The Morgan fingerprint density at radius 3 is 2.15 bits per heavy atom. The molecule has 0 aliphatic carbocycles. The lowest BCUT2D eigenvalue weighted by Gasteiger charge is -2.32. The zero-order valence-electron chi connectivity index (χ0n) is 15.5. The van der Waals surface area contributed by atoms with Crippen molar-refractivity contribution in [3.05, 3.63) is 58.6 Å². The van der Waals surface area contributed by atoms with Gasteiger partial charge in [0.15, 0.2) is 0 Å². The molecule has 1 aliphatic heterocycles. The number of likely N-dealkylation sites (N-methyl/N-ethyl adjacent to an activating group) is 1. The van der Waals surface area contributed by atoms with E-state index in [0.717, 1.165) is 31.7 Å². The van der Waals surface area contributed by atoms with Gasteiger partial charge in [0.25, 0.3) is 5.91 Å². The average Bonchev–Trinajstić information content (AvgIpc) is 2.65. The van der Waals surface area contributed by atoms with E-state index >= 15 is 0 Å². The molecule has 2 aromatic carbocycles. The summed E-state index contributed by atoms with van der Waals surface area (Å²) in [6, 6.07) is 11.9. The molecule has 1 heterocycles. The second kappa shape index (κ2) is 8.41. The Morgan fingerprint density at radius 1 is 0.926 bits per heavy atom. The van der Waals surface area contributed by atoms with Gasteiger partial charge in [0.1, 0.15) is 0 Å². The van der Waals surface area contributed by atoms with Gasteiger partial charge >= 0.3 is 6.03 Å². The monoisotopic (exact) mass is 386 g/mol. The summed E-state index contributed by atoms with van der Waals surface area (Å²) in [7, 11) is 2.05. The maximum absolute atomic E-state index is 12.5. The van der Waals surface area contributed by atoms with E-state index in [4.69, 9.17) is 11.6 Å². The Balaban J connectivity index is 1.57. The molecular formula is C20H23ClN4O2. The summed E-state index contributed by atoms with van der Waals surface area (Å²) in [4.78, 5) is 28.7. The number of amides is 3. The third-order valence-corrected chi connectivity index (χ3v) is 5.02. The number of nitrogens with one attached hydrogen (secondary N) is 2. The van der Waals surface area contributed by atoms with Crippen LogP contribution in [0.15, 0.2) is 42.5 Å². The minimum Gasteiger partial charge on any atom is -0.336 e. The Bertz CT molecular complexity index is 830.